The van der Waals surface area contributed by atoms with Crippen LogP contribution in [0.1, 0.15) is 5.56 Å². The highest BCUT2D eigenvalue weighted by Crippen LogP contribution is 2.18. The monoisotopic (exact) mass is 444 g/mol. The van der Waals surface area contributed by atoms with Gasteiger partial charge in [0.1, 0.15) is 30.5 Å². The molecular formula is C25H20N2O4S. The molecule has 0 atom stereocenters. The summed E-state index contributed by atoms with van der Waals surface area (Å²) in [5.74, 6) is 2.30. The minimum atomic E-state index is -0.0466. The Balaban J connectivity index is 1.24. The van der Waals surface area contributed by atoms with Crippen LogP contribution in [-0.2, 0) is 0 Å². The van der Waals surface area contributed by atoms with E-state index in [-0.39, 0.29) is 5.56 Å². The molecule has 0 saturated carbocycles. The molecule has 7 heteroatoms. The molecule has 0 radical (unpaired) electrons. The van der Waals surface area contributed by atoms with Crippen LogP contribution in [0.25, 0.3) is 22.1 Å². The van der Waals surface area contributed by atoms with E-state index < -0.39 is 0 Å². The number of imidazole rings is 1. The van der Waals surface area contributed by atoms with Crippen molar-refractivity contribution in [3.8, 4) is 17.2 Å². The van der Waals surface area contributed by atoms with Gasteiger partial charge in [-0.15, -0.1) is 0 Å². The van der Waals surface area contributed by atoms with E-state index in [1.807, 2.05) is 78.9 Å². The van der Waals surface area contributed by atoms with Crippen molar-refractivity contribution in [2.75, 3.05) is 20.3 Å². The lowest BCUT2D eigenvalue weighted by molar-refractivity contribution is 0.217. The van der Waals surface area contributed by atoms with E-state index in [1.165, 1.54) is 11.3 Å². The van der Waals surface area contributed by atoms with Crippen molar-refractivity contribution in [3.63, 3.8) is 0 Å². The second-order valence-electron chi connectivity index (χ2n) is 7.08. The summed E-state index contributed by atoms with van der Waals surface area (Å²) in [5, 5.41) is 0. The number of aromatic nitrogens is 2. The van der Waals surface area contributed by atoms with Crippen LogP contribution in [0.15, 0.2) is 77.6 Å². The van der Waals surface area contributed by atoms with E-state index in [2.05, 4.69) is 4.98 Å². The topological polar surface area (TPSA) is 62.1 Å². The van der Waals surface area contributed by atoms with Gasteiger partial charge in [0.15, 0.2) is 4.96 Å². The Morgan fingerprint density at radius 2 is 1.50 bits per heavy atom. The number of methoxy groups -OCH3 is 1. The van der Waals surface area contributed by atoms with E-state index in [0.29, 0.717) is 22.7 Å². The van der Waals surface area contributed by atoms with Gasteiger partial charge in [0.25, 0.3) is 5.56 Å². The summed E-state index contributed by atoms with van der Waals surface area (Å²) in [6.45, 7) is 0.859. The summed E-state index contributed by atoms with van der Waals surface area (Å²) in [4.78, 5) is 18.1. The van der Waals surface area contributed by atoms with Gasteiger partial charge in [0.2, 0.25) is 0 Å². The largest absolute Gasteiger partial charge is 0.497 e. The number of thiazole rings is 1. The third-order valence-corrected chi connectivity index (χ3v) is 5.97. The number of fused-ring (bicyclic) bond motifs is 3. The van der Waals surface area contributed by atoms with E-state index >= 15 is 0 Å². The zero-order valence-corrected chi connectivity index (χ0v) is 18.2. The predicted molar refractivity (Wildman–Crippen MR) is 126 cm³/mol. The Morgan fingerprint density at radius 1 is 0.875 bits per heavy atom. The molecule has 32 heavy (non-hydrogen) atoms. The molecule has 3 aromatic carbocycles. The lowest BCUT2D eigenvalue weighted by atomic mass is 10.2. The van der Waals surface area contributed by atoms with Gasteiger partial charge >= 0.3 is 0 Å². The van der Waals surface area contributed by atoms with E-state index in [0.717, 1.165) is 33.8 Å². The quantitative estimate of drug-likeness (QED) is 0.356. The summed E-state index contributed by atoms with van der Waals surface area (Å²) in [6.07, 6.45) is 1.88. The molecule has 0 aliphatic carbocycles. The average molecular weight is 445 g/mol. The van der Waals surface area contributed by atoms with Crippen LogP contribution < -0.4 is 24.3 Å². The van der Waals surface area contributed by atoms with Crippen LogP contribution >= 0.6 is 11.3 Å². The summed E-state index contributed by atoms with van der Waals surface area (Å²) in [7, 11) is 1.63. The number of ether oxygens (including phenoxy) is 3. The lowest BCUT2D eigenvalue weighted by Crippen LogP contribution is -2.22. The van der Waals surface area contributed by atoms with Gasteiger partial charge in [0, 0.05) is 0 Å². The number of para-hydroxylation sites is 2. The van der Waals surface area contributed by atoms with Crippen LogP contribution in [0.5, 0.6) is 17.2 Å². The second kappa shape index (κ2) is 8.72. The fourth-order valence-corrected chi connectivity index (χ4v) is 4.40. The van der Waals surface area contributed by atoms with E-state index in [4.69, 9.17) is 14.2 Å². The van der Waals surface area contributed by atoms with Gasteiger partial charge in [-0.25, -0.2) is 9.38 Å². The molecule has 6 nitrogen and oxygen atoms in total. The van der Waals surface area contributed by atoms with Gasteiger partial charge < -0.3 is 14.2 Å². The normalized spacial score (nSPS) is 11.8. The third-order valence-electron chi connectivity index (χ3n) is 5.00. The molecule has 0 spiro atoms. The number of benzene rings is 3. The summed E-state index contributed by atoms with van der Waals surface area (Å²) < 4.78 is 18.9. The van der Waals surface area contributed by atoms with Gasteiger partial charge in [-0.3, -0.25) is 4.79 Å². The maximum Gasteiger partial charge on any atom is 0.274 e. The molecule has 0 saturated heterocycles. The molecule has 0 aliphatic rings. The van der Waals surface area contributed by atoms with Crippen molar-refractivity contribution in [1.82, 2.24) is 9.38 Å². The van der Waals surface area contributed by atoms with Crippen molar-refractivity contribution < 1.29 is 14.2 Å². The third kappa shape index (κ3) is 4.02. The zero-order chi connectivity index (χ0) is 21.9. The number of hydrogen-bond donors (Lipinski definition) is 0. The summed E-state index contributed by atoms with van der Waals surface area (Å²) in [5.41, 5.74) is 2.55. The summed E-state index contributed by atoms with van der Waals surface area (Å²) in [6, 6.07) is 22.7. The van der Waals surface area contributed by atoms with Gasteiger partial charge in [-0.05, 0) is 60.2 Å². The molecule has 0 N–H and O–H groups in total. The van der Waals surface area contributed by atoms with Crippen molar-refractivity contribution in [3.05, 3.63) is 93.2 Å². The molecule has 2 aromatic heterocycles. The van der Waals surface area contributed by atoms with Crippen molar-refractivity contribution in [2.24, 2.45) is 0 Å². The molecule has 2 heterocycles. The maximum atomic E-state index is 12.9. The van der Waals surface area contributed by atoms with Gasteiger partial charge in [-0.2, -0.15) is 0 Å². The number of hydrogen-bond acceptors (Lipinski definition) is 6. The van der Waals surface area contributed by atoms with E-state index in [1.54, 1.807) is 11.5 Å². The lowest BCUT2D eigenvalue weighted by Gasteiger charge is -2.09. The van der Waals surface area contributed by atoms with E-state index in [9.17, 15) is 4.79 Å². The Labute approximate surface area is 187 Å². The van der Waals surface area contributed by atoms with Crippen LogP contribution in [-0.4, -0.2) is 29.7 Å². The first-order chi connectivity index (χ1) is 15.7. The highest BCUT2D eigenvalue weighted by atomic mass is 32.1. The molecule has 0 unspecified atom stereocenters. The Kier molecular flexibility index (Phi) is 5.47. The second-order valence-corrected chi connectivity index (χ2v) is 8.08. The van der Waals surface area contributed by atoms with Crippen LogP contribution in [0.4, 0.5) is 0 Å². The van der Waals surface area contributed by atoms with Crippen molar-refractivity contribution in [2.45, 2.75) is 0 Å². The summed E-state index contributed by atoms with van der Waals surface area (Å²) >= 11 is 1.39. The molecule has 5 rings (SSSR count). The standard InChI is InChI=1S/C25H20N2O4S/c1-29-18-10-12-20(13-11-18)31-15-14-30-19-8-6-17(7-9-19)16-23-24(28)27-22-5-3-2-4-21(22)26-25(27)32-23/h2-13,16H,14-15H2,1H3/b23-16-. The number of rotatable bonds is 7. The SMILES string of the molecule is COc1ccc(OCCOc2ccc(/C=c3\sc4nc5ccccc5n4c3=O)cc2)cc1. The number of nitrogens with zero attached hydrogens (tertiary/aromatic N) is 2. The first-order valence-electron chi connectivity index (χ1n) is 10.1. The minimum absolute atomic E-state index is 0.0466. The Bertz CT molecular complexity index is 1470. The highest BCUT2D eigenvalue weighted by Gasteiger charge is 2.10. The zero-order valence-electron chi connectivity index (χ0n) is 17.4. The fraction of sp³-hybridized carbons (Fsp3) is 0.120. The minimum Gasteiger partial charge on any atom is -0.497 e. The van der Waals surface area contributed by atoms with Crippen LogP contribution in [0.3, 0.4) is 0 Å². The van der Waals surface area contributed by atoms with Gasteiger partial charge in [0.05, 0.1) is 22.7 Å². The van der Waals surface area contributed by atoms with Gasteiger partial charge in [-0.1, -0.05) is 35.6 Å². The van der Waals surface area contributed by atoms with Crippen LogP contribution in [0, 0.1) is 0 Å². The smallest absolute Gasteiger partial charge is 0.274 e. The molecule has 0 amide bonds. The average Bonchev–Trinajstić information content (AvgIpc) is 3.34. The Morgan fingerprint density at radius 3 is 2.19 bits per heavy atom. The highest BCUT2D eigenvalue weighted by molar-refractivity contribution is 7.15. The first-order valence-corrected chi connectivity index (χ1v) is 10.9. The fourth-order valence-electron chi connectivity index (χ4n) is 3.41. The molecule has 160 valence electrons. The van der Waals surface area contributed by atoms with Crippen molar-refractivity contribution in [1.29, 1.82) is 0 Å². The molecule has 0 aliphatic heterocycles. The first kappa shape index (κ1) is 20.1. The molecule has 5 aromatic rings. The molecule has 0 bridgehead atoms. The van der Waals surface area contributed by atoms with Crippen molar-refractivity contribution >= 4 is 33.4 Å². The van der Waals surface area contributed by atoms with Crippen LogP contribution in [0.2, 0.25) is 0 Å². The maximum absolute atomic E-state index is 12.9. The Hall–Kier alpha value is -3.84. The predicted octanol–water partition coefficient (Wildman–Crippen LogP) is 3.92. The molecular weight excluding hydrogens is 424 g/mol. The molecule has 0 fully saturated rings.